The van der Waals surface area contributed by atoms with E-state index in [0.717, 1.165) is 5.56 Å². The molecule has 1 heterocycles. The average Bonchev–Trinajstić information content (AvgIpc) is 2.62. The summed E-state index contributed by atoms with van der Waals surface area (Å²) in [4.78, 5) is 4.04. The van der Waals surface area contributed by atoms with Crippen molar-refractivity contribution in [3.8, 4) is 0 Å². The second-order valence-corrected chi connectivity index (χ2v) is 5.65. The van der Waals surface area contributed by atoms with Crippen molar-refractivity contribution in [1.29, 1.82) is 0 Å². The van der Waals surface area contributed by atoms with Crippen molar-refractivity contribution < 1.29 is 4.74 Å². The minimum atomic E-state index is 0.597. The molecule has 3 aromatic carbocycles. The lowest BCUT2D eigenvalue weighted by molar-refractivity contribution is 0.109. The minimum absolute atomic E-state index is 0.597. The molecule has 0 N–H and O–H groups in total. The molecule has 0 fully saturated rings. The van der Waals surface area contributed by atoms with Crippen molar-refractivity contribution in [1.82, 2.24) is 4.98 Å². The first-order valence-corrected chi connectivity index (χ1v) is 7.78. The molecule has 0 aliphatic heterocycles. The molecule has 4 aromatic rings. The third-order valence-corrected chi connectivity index (χ3v) is 4.15. The molecule has 2 heteroatoms. The van der Waals surface area contributed by atoms with Gasteiger partial charge in [-0.2, -0.15) is 0 Å². The van der Waals surface area contributed by atoms with Crippen LogP contribution in [0.1, 0.15) is 11.1 Å². The van der Waals surface area contributed by atoms with Crippen molar-refractivity contribution >= 4 is 21.5 Å². The predicted molar refractivity (Wildman–Crippen MR) is 94.2 cm³/mol. The van der Waals surface area contributed by atoms with Gasteiger partial charge in [-0.1, -0.05) is 48.5 Å². The average molecular weight is 299 g/mol. The van der Waals surface area contributed by atoms with E-state index >= 15 is 0 Å². The molecule has 112 valence electrons. The summed E-state index contributed by atoms with van der Waals surface area (Å²) in [5, 5.41) is 5.05. The van der Waals surface area contributed by atoms with Gasteiger partial charge in [-0.3, -0.25) is 4.98 Å². The molecule has 4 rings (SSSR count). The number of aromatic nitrogens is 1. The van der Waals surface area contributed by atoms with Gasteiger partial charge in [0.05, 0.1) is 13.2 Å². The first kappa shape index (κ1) is 13.9. The van der Waals surface area contributed by atoms with Gasteiger partial charge in [0.2, 0.25) is 0 Å². The van der Waals surface area contributed by atoms with Crippen LogP contribution in [0.4, 0.5) is 0 Å². The molecule has 0 atom stereocenters. The SMILES string of the molecule is c1ccc2c(COCc3ccncc3)c3ccccc3cc2c1. The molecule has 0 bridgehead atoms. The Kier molecular flexibility index (Phi) is 3.75. The summed E-state index contributed by atoms with van der Waals surface area (Å²) < 4.78 is 5.99. The number of rotatable bonds is 4. The van der Waals surface area contributed by atoms with Crippen molar-refractivity contribution in [3.63, 3.8) is 0 Å². The lowest BCUT2D eigenvalue weighted by Crippen LogP contribution is -1.96. The second kappa shape index (κ2) is 6.19. The van der Waals surface area contributed by atoms with Crippen molar-refractivity contribution in [2.75, 3.05) is 0 Å². The van der Waals surface area contributed by atoms with E-state index in [-0.39, 0.29) is 0 Å². The smallest absolute Gasteiger partial charge is 0.0733 e. The first-order valence-electron chi connectivity index (χ1n) is 7.78. The molecular weight excluding hydrogens is 282 g/mol. The third kappa shape index (κ3) is 2.81. The third-order valence-electron chi connectivity index (χ3n) is 4.15. The van der Waals surface area contributed by atoms with Gasteiger partial charge in [0.1, 0.15) is 0 Å². The maximum absolute atomic E-state index is 5.99. The zero-order valence-corrected chi connectivity index (χ0v) is 12.8. The zero-order chi connectivity index (χ0) is 15.5. The van der Waals surface area contributed by atoms with E-state index in [4.69, 9.17) is 4.74 Å². The van der Waals surface area contributed by atoms with Crippen molar-refractivity contribution in [2.45, 2.75) is 13.2 Å². The van der Waals surface area contributed by atoms with Crippen LogP contribution in [-0.2, 0) is 18.0 Å². The van der Waals surface area contributed by atoms with Crippen molar-refractivity contribution in [2.24, 2.45) is 0 Å². The molecule has 0 saturated heterocycles. The Hall–Kier alpha value is -2.71. The highest BCUT2D eigenvalue weighted by atomic mass is 16.5. The molecule has 2 nitrogen and oxygen atoms in total. The molecule has 0 aliphatic rings. The highest BCUT2D eigenvalue weighted by Gasteiger charge is 2.07. The Bertz CT molecular complexity index is 893. The van der Waals surface area contributed by atoms with Gasteiger partial charge >= 0.3 is 0 Å². The largest absolute Gasteiger partial charge is 0.372 e. The van der Waals surface area contributed by atoms with E-state index < -0.39 is 0 Å². The number of nitrogens with zero attached hydrogens (tertiary/aromatic N) is 1. The van der Waals surface area contributed by atoms with E-state index in [1.165, 1.54) is 27.1 Å². The van der Waals surface area contributed by atoms with Crippen LogP contribution in [0.15, 0.2) is 79.1 Å². The van der Waals surface area contributed by atoms with E-state index in [0.29, 0.717) is 13.2 Å². The zero-order valence-electron chi connectivity index (χ0n) is 12.8. The molecule has 0 saturated carbocycles. The highest BCUT2D eigenvalue weighted by molar-refractivity contribution is 6.02. The van der Waals surface area contributed by atoms with Gasteiger partial charge in [-0.05, 0) is 50.9 Å². The quantitative estimate of drug-likeness (QED) is 0.489. The molecule has 23 heavy (non-hydrogen) atoms. The fraction of sp³-hybridized carbons (Fsp3) is 0.0952. The van der Waals surface area contributed by atoms with Crippen LogP contribution in [0.5, 0.6) is 0 Å². The first-order chi connectivity index (χ1) is 11.4. The Morgan fingerprint density at radius 2 is 1.30 bits per heavy atom. The van der Waals surface area contributed by atoms with Gasteiger partial charge in [0.25, 0.3) is 0 Å². The summed E-state index contributed by atoms with van der Waals surface area (Å²) in [5.41, 5.74) is 2.40. The van der Waals surface area contributed by atoms with E-state index in [1.807, 2.05) is 12.1 Å². The summed E-state index contributed by atoms with van der Waals surface area (Å²) in [6, 6.07) is 23.2. The Balaban J connectivity index is 1.71. The van der Waals surface area contributed by atoms with E-state index in [2.05, 4.69) is 59.6 Å². The number of ether oxygens (including phenoxy) is 1. The van der Waals surface area contributed by atoms with E-state index in [1.54, 1.807) is 12.4 Å². The number of benzene rings is 3. The molecule has 0 aliphatic carbocycles. The van der Waals surface area contributed by atoms with Gasteiger partial charge in [0, 0.05) is 12.4 Å². The van der Waals surface area contributed by atoms with Crippen LogP contribution in [0.2, 0.25) is 0 Å². The number of pyridine rings is 1. The summed E-state index contributed by atoms with van der Waals surface area (Å²) in [5.74, 6) is 0. The Morgan fingerprint density at radius 3 is 1.96 bits per heavy atom. The maximum atomic E-state index is 5.99. The topological polar surface area (TPSA) is 22.1 Å². The molecule has 0 amide bonds. The fourth-order valence-corrected chi connectivity index (χ4v) is 3.01. The number of hydrogen-bond acceptors (Lipinski definition) is 2. The molecule has 0 spiro atoms. The summed E-state index contributed by atoms with van der Waals surface area (Å²) in [6.07, 6.45) is 3.60. The lowest BCUT2D eigenvalue weighted by atomic mass is 9.97. The summed E-state index contributed by atoms with van der Waals surface area (Å²) >= 11 is 0. The van der Waals surface area contributed by atoms with Crippen LogP contribution >= 0.6 is 0 Å². The second-order valence-electron chi connectivity index (χ2n) is 5.65. The Labute approximate surface area is 135 Å². The van der Waals surface area contributed by atoms with Gasteiger partial charge in [-0.25, -0.2) is 0 Å². The summed E-state index contributed by atoms with van der Waals surface area (Å²) in [7, 11) is 0. The lowest BCUT2D eigenvalue weighted by Gasteiger charge is -2.12. The van der Waals surface area contributed by atoms with Crippen LogP contribution < -0.4 is 0 Å². The normalized spacial score (nSPS) is 11.1. The minimum Gasteiger partial charge on any atom is -0.372 e. The van der Waals surface area contributed by atoms with Crippen molar-refractivity contribution in [3.05, 3.63) is 90.3 Å². The monoisotopic (exact) mass is 299 g/mol. The fourth-order valence-electron chi connectivity index (χ4n) is 3.01. The Morgan fingerprint density at radius 1 is 0.696 bits per heavy atom. The molecule has 0 unspecified atom stereocenters. The van der Waals surface area contributed by atoms with Crippen LogP contribution in [-0.4, -0.2) is 4.98 Å². The van der Waals surface area contributed by atoms with E-state index in [9.17, 15) is 0 Å². The molecular formula is C21H17NO. The standard InChI is InChI=1S/C21H17NO/c1-3-7-19-17(5-1)13-18-6-2-4-8-20(18)21(19)15-23-14-16-9-11-22-12-10-16/h1-13H,14-15H2. The highest BCUT2D eigenvalue weighted by Crippen LogP contribution is 2.29. The molecule has 0 radical (unpaired) electrons. The van der Waals surface area contributed by atoms with Crippen LogP contribution in [0.3, 0.4) is 0 Å². The number of hydrogen-bond donors (Lipinski definition) is 0. The van der Waals surface area contributed by atoms with Gasteiger partial charge in [0.15, 0.2) is 0 Å². The van der Waals surface area contributed by atoms with Gasteiger partial charge < -0.3 is 4.74 Å². The van der Waals surface area contributed by atoms with Crippen LogP contribution in [0.25, 0.3) is 21.5 Å². The maximum Gasteiger partial charge on any atom is 0.0733 e. The summed E-state index contributed by atoms with van der Waals surface area (Å²) in [6.45, 7) is 1.20. The number of fused-ring (bicyclic) bond motifs is 2. The predicted octanol–water partition coefficient (Wildman–Crippen LogP) is 5.10. The van der Waals surface area contributed by atoms with Gasteiger partial charge in [-0.15, -0.1) is 0 Å². The molecule has 1 aromatic heterocycles. The van der Waals surface area contributed by atoms with Crippen LogP contribution in [0, 0.1) is 0 Å².